The van der Waals surface area contributed by atoms with Crippen molar-refractivity contribution in [3.63, 3.8) is 0 Å². The molecule has 4 N–H and O–H groups in total. The first-order valence-corrected chi connectivity index (χ1v) is 28.9. The smallest absolute Gasteiger partial charge is 0.419 e. The van der Waals surface area contributed by atoms with E-state index in [-0.39, 0.29) is 31.6 Å². The maximum atomic E-state index is 15.2. The average molecular weight is 1160 g/mol. The van der Waals surface area contributed by atoms with Gasteiger partial charge < -0.3 is 53.5 Å². The summed E-state index contributed by atoms with van der Waals surface area (Å²) < 4.78 is 36.2. The van der Waals surface area contributed by atoms with Crippen LogP contribution in [0.1, 0.15) is 127 Å². The van der Waals surface area contributed by atoms with Gasteiger partial charge in [0.2, 0.25) is 23.6 Å². The lowest BCUT2D eigenvalue weighted by molar-refractivity contribution is -0.158. The van der Waals surface area contributed by atoms with Crippen LogP contribution in [0.15, 0.2) is 47.3 Å². The number of nitrogens with zero attached hydrogens (tertiary/aromatic N) is 6. The Hall–Kier alpha value is -6.11. The Kier molecular flexibility index (Phi) is 21.6. The number of Topliss-reactive ketones (excluding diaryl/α,β-unsaturated/α-hetero) is 2. The van der Waals surface area contributed by atoms with Crippen LogP contribution in [0.2, 0.25) is 0 Å². The molecule has 2 aromatic rings. The number of carboxylic acid groups (broad SMARTS) is 1. The van der Waals surface area contributed by atoms with Gasteiger partial charge in [-0.25, -0.2) is 4.79 Å². The molecule has 2 unspecified atom stereocenters. The third-order valence-electron chi connectivity index (χ3n) is 13.1. The number of hydrogen-bond donors (Lipinski definition) is 4. The molecule has 0 bridgehead atoms. The molecule has 3 aliphatic heterocycles. The van der Waals surface area contributed by atoms with Crippen molar-refractivity contribution in [3.8, 4) is 0 Å². The molecular formula is C53H75N8O17PS. The molecule has 1 aromatic heterocycles. The fourth-order valence-corrected chi connectivity index (χ4v) is 10.5. The molecule has 440 valence electrons. The van der Waals surface area contributed by atoms with Crippen LogP contribution in [0.5, 0.6) is 0 Å². The highest BCUT2D eigenvalue weighted by Gasteiger charge is 2.44. The molecule has 4 amide bonds. The lowest BCUT2D eigenvalue weighted by Crippen LogP contribution is -2.53. The van der Waals surface area contributed by atoms with Gasteiger partial charge in [0.1, 0.15) is 29.5 Å². The van der Waals surface area contributed by atoms with E-state index in [0.717, 1.165) is 0 Å². The minimum Gasteiger partial charge on any atom is -0.480 e. The van der Waals surface area contributed by atoms with E-state index in [1.807, 2.05) is 0 Å². The molecule has 0 aliphatic carbocycles. The minimum absolute atomic E-state index is 0.00218. The summed E-state index contributed by atoms with van der Waals surface area (Å²) in [6.07, 6.45) is -2.33. The number of carbonyl (C=O) groups is 9. The van der Waals surface area contributed by atoms with Gasteiger partial charge in [0.05, 0.1) is 73.3 Å². The number of hydrogen-bond acceptors (Lipinski definition) is 17. The number of fused-ring (bicyclic) bond motifs is 1. The van der Waals surface area contributed by atoms with Gasteiger partial charge in [-0.1, -0.05) is 23.3 Å². The summed E-state index contributed by atoms with van der Waals surface area (Å²) in [6.45, 7) is 14.0. The highest BCUT2D eigenvalue weighted by molar-refractivity contribution is 8.07. The molecule has 25 nitrogen and oxygen atoms in total. The number of aromatic nitrogens is 1. The molecule has 2 fully saturated rings. The zero-order valence-corrected chi connectivity index (χ0v) is 49.0. The normalized spacial score (nSPS) is 21.5. The SMILES string of the molecule is CC1=CN(C2C[C@H](N=[N+]=[N-])[C@@H](COP(O)(=S)OC[C@H](CC(=O)OC(C)(C)C)C(=O)N[C@@H](Cc3cn(C(=O)OC(C)(C)C)c4ccccc34)C(=O)C[C@H](C(=O)N3CCC[C@H]3C(=O)N[C@@H](C)C(=O)O)[C@@H](C)OC(C)(C)C)O2)C(=O)CC1=O. The number of para-hydroxylation sites is 1. The monoisotopic (exact) mass is 1160 g/mol. The summed E-state index contributed by atoms with van der Waals surface area (Å²) >= 11 is 5.35. The molecule has 0 saturated carbocycles. The Morgan fingerprint density at radius 1 is 0.950 bits per heavy atom. The number of allylic oxidation sites excluding steroid dienone is 1. The van der Waals surface area contributed by atoms with Crippen LogP contribution in [0.25, 0.3) is 21.3 Å². The van der Waals surface area contributed by atoms with Crippen LogP contribution in [0, 0.1) is 11.8 Å². The van der Waals surface area contributed by atoms with Gasteiger partial charge in [-0.3, -0.25) is 47.8 Å². The molecule has 27 heteroatoms. The number of nitrogens with one attached hydrogen (secondary N) is 2. The zero-order valence-electron chi connectivity index (χ0n) is 47.3. The number of esters is 1. The van der Waals surface area contributed by atoms with Crippen molar-refractivity contribution in [3.05, 3.63) is 58.2 Å². The Balaban J connectivity index is 1.49. The number of rotatable bonds is 23. The highest BCUT2D eigenvalue weighted by atomic mass is 32.5. The third kappa shape index (κ3) is 18.2. The van der Waals surface area contributed by atoms with Crippen molar-refractivity contribution < 1.29 is 81.1 Å². The van der Waals surface area contributed by atoms with E-state index >= 15 is 4.79 Å². The number of carboxylic acids is 1. The van der Waals surface area contributed by atoms with Gasteiger partial charge in [-0.15, -0.1) is 0 Å². The van der Waals surface area contributed by atoms with Gasteiger partial charge >= 0.3 is 24.8 Å². The summed E-state index contributed by atoms with van der Waals surface area (Å²) in [5, 5.41) is 19.0. The predicted octanol–water partition coefficient (Wildman–Crippen LogP) is 5.91. The van der Waals surface area contributed by atoms with Gasteiger partial charge in [0, 0.05) is 54.1 Å². The molecule has 5 rings (SSSR count). The van der Waals surface area contributed by atoms with E-state index in [0.29, 0.717) is 28.5 Å². The number of azide groups is 1. The molecule has 0 radical (unpaired) electrons. The lowest BCUT2D eigenvalue weighted by atomic mass is 9.89. The first kappa shape index (κ1) is 64.7. The molecule has 1 aromatic carbocycles. The van der Waals surface area contributed by atoms with Gasteiger partial charge in [0.25, 0.3) is 0 Å². The first-order chi connectivity index (χ1) is 37.1. The Bertz CT molecular complexity index is 2830. The largest absolute Gasteiger partial charge is 0.480 e. The Morgan fingerprint density at radius 3 is 2.24 bits per heavy atom. The molecule has 2 saturated heterocycles. The quantitative estimate of drug-likeness (QED) is 0.0251. The molecule has 80 heavy (non-hydrogen) atoms. The maximum Gasteiger partial charge on any atom is 0.419 e. The number of likely N-dealkylation sites (tertiary alicyclic amines) is 1. The van der Waals surface area contributed by atoms with E-state index < -0.39 is 158 Å². The topological polar surface area (TPSA) is 334 Å². The second kappa shape index (κ2) is 26.7. The average Bonchev–Trinajstić information content (AvgIpc) is 4.08. The molecule has 3 aliphatic rings. The van der Waals surface area contributed by atoms with Crippen molar-refractivity contribution in [1.82, 2.24) is 25.0 Å². The third-order valence-corrected chi connectivity index (χ3v) is 14.6. The Morgan fingerprint density at radius 2 is 1.61 bits per heavy atom. The number of ether oxygens (including phenoxy) is 4. The van der Waals surface area contributed by atoms with Gasteiger partial charge in [-0.05, 0) is 125 Å². The summed E-state index contributed by atoms with van der Waals surface area (Å²) in [7, 11) is 0. The van der Waals surface area contributed by atoms with Crippen molar-refractivity contribution in [2.75, 3.05) is 19.8 Å². The fraction of sp³-hybridized carbons (Fsp3) is 0.642. The van der Waals surface area contributed by atoms with Gasteiger partial charge in [0.15, 0.2) is 11.6 Å². The summed E-state index contributed by atoms with van der Waals surface area (Å²) in [6, 6.07) is 1.98. The van der Waals surface area contributed by atoms with Crippen molar-refractivity contribution in [2.45, 2.75) is 187 Å². The number of amides is 4. The fourth-order valence-electron chi connectivity index (χ4n) is 9.36. The van der Waals surface area contributed by atoms with Crippen LogP contribution >= 0.6 is 6.72 Å². The summed E-state index contributed by atoms with van der Waals surface area (Å²) in [5.41, 5.74) is 7.65. The van der Waals surface area contributed by atoms with Crippen LogP contribution in [0.3, 0.4) is 0 Å². The van der Waals surface area contributed by atoms with Crippen LogP contribution in [-0.2, 0) is 84.6 Å². The number of ketones is 2. The summed E-state index contributed by atoms with van der Waals surface area (Å²) in [5.74, 6) is -8.91. The second-order valence-electron chi connectivity index (χ2n) is 23.2. The van der Waals surface area contributed by atoms with E-state index in [9.17, 15) is 53.9 Å². The molecule has 4 heterocycles. The molecular weight excluding hydrogens is 1080 g/mol. The summed E-state index contributed by atoms with van der Waals surface area (Å²) in [4.78, 5) is 139. The minimum atomic E-state index is -4.38. The van der Waals surface area contributed by atoms with E-state index in [2.05, 4.69) is 20.7 Å². The van der Waals surface area contributed by atoms with E-state index in [4.69, 9.17) is 39.8 Å². The molecule has 0 spiro atoms. The van der Waals surface area contributed by atoms with Gasteiger partial charge in [-0.2, -0.15) is 0 Å². The highest BCUT2D eigenvalue weighted by Crippen LogP contribution is 2.45. The van der Waals surface area contributed by atoms with E-state index in [1.165, 1.54) is 40.6 Å². The number of aliphatic carboxylic acids is 1. The zero-order chi connectivity index (χ0) is 59.8. The predicted molar refractivity (Wildman–Crippen MR) is 291 cm³/mol. The molecule has 10 atom stereocenters. The first-order valence-electron chi connectivity index (χ1n) is 26.3. The number of carbonyl (C=O) groups excluding carboxylic acids is 8. The lowest BCUT2D eigenvalue weighted by Gasteiger charge is -2.34. The second-order valence-corrected chi connectivity index (χ2v) is 26.0. The Labute approximate surface area is 469 Å². The van der Waals surface area contributed by atoms with Crippen LogP contribution in [-0.4, -0.2) is 157 Å². The van der Waals surface area contributed by atoms with Crippen LogP contribution < -0.4 is 10.6 Å². The van der Waals surface area contributed by atoms with Crippen molar-refractivity contribution >= 4 is 82.7 Å². The standard InChI is InChI=1S/C53H75N8O17PS/c1-29-25-61(43(64)24-40(29)62)44-23-37(57-58-54)42(75-44)28-74-79(72,80)73-27-33(21-45(65)77-52(7,8)9)46(66)56-36(20-32-26-60(50(71)78-53(10,11)12)38-17-14-13-16-34(32)38)41(63)22-35(31(3)76-51(4,5)6)48(68)59-19-15-18-39(59)47(67)55-30(2)49(69)70/h13-14,16-17,25-26,30-31,33,35-37,39,42,44H,15,18-24,27-28H2,1-12H3,(H,55,67)(H,56,66)(H,69,70)(H,72,80)/t30-,31+,33-,35-,36-,37-,39-,42+,44?,79?/m0/s1. The maximum absolute atomic E-state index is 15.2. The van der Waals surface area contributed by atoms with Crippen molar-refractivity contribution in [1.29, 1.82) is 0 Å². The van der Waals surface area contributed by atoms with E-state index in [1.54, 1.807) is 93.5 Å². The van der Waals surface area contributed by atoms with Crippen molar-refractivity contribution in [2.24, 2.45) is 17.0 Å². The number of benzene rings is 1. The van der Waals surface area contributed by atoms with Crippen LogP contribution in [0.4, 0.5) is 4.79 Å².